The lowest BCUT2D eigenvalue weighted by molar-refractivity contribution is -0.113. The summed E-state index contributed by atoms with van der Waals surface area (Å²) in [7, 11) is 0. The predicted molar refractivity (Wildman–Crippen MR) is 357 cm³/mol. The molecular weight excluding hydrogens is 1350 g/mol. The molecule has 7 saturated heterocycles. The van der Waals surface area contributed by atoms with Crippen LogP contribution in [0.4, 0.5) is 27.6 Å². The zero-order valence-corrected chi connectivity index (χ0v) is 56.5. The summed E-state index contributed by atoms with van der Waals surface area (Å²) in [5.41, 5.74) is 4.95. The summed E-state index contributed by atoms with van der Waals surface area (Å²) in [6.45, 7) is 12.9. The third-order valence-electron chi connectivity index (χ3n) is 20.4. The number of likely N-dealkylation sites (tertiary alicyclic amines) is 3. The van der Waals surface area contributed by atoms with Crippen LogP contribution in [0.1, 0.15) is 159 Å². The third kappa shape index (κ3) is 20.7. The number of piperidine rings is 4. The van der Waals surface area contributed by atoms with E-state index in [0.29, 0.717) is 78.9 Å². The van der Waals surface area contributed by atoms with Crippen molar-refractivity contribution in [1.82, 2.24) is 49.9 Å². The van der Waals surface area contributed by atoms with Crippen LogP contribution in [0.15, 0.2) is 34.1 Å². The molecule has 3 amide bonds. The van der Waals surface area contributed by atoms with Gasteiger partial charge in [0.25, 0.3) is 35.3 Å². The predicted octanol–water partition coefficient (Wildman–Crippen LogP) is 11.9. The highest BCUT2D eigenvalue weighted by Gasteiger charge is 2.51. The number of carbonyl (C=O) groups excluding carboxylic acids is 3. The molecule has 3 aromatic heterocycles. The van der Waals surface area contributed by atoms with Crippen molar-refractivity contribution in [2.75, 3.05) is 92.0 Å². The lowest BCUT2D eigenvalue weighted by Crippen LogP contribution is -2.59. The Morgan fingerprint density at radius 3 is 0.950 bits per heavy atom. The average molecular weight is 1450 g/mol. The first-order valence-electron chi connectivity index (χ1n) is 34.7. The molecule has 2 N–H and O–H groups in total. The highest BCUT2D eigenvalue weighted by molar-refractivity contribution is 6.13. The third-order valence-corrected chi connectivity index (χ3v) is 20.4. The molecule has 12 aliphatic rings. The minimum Gasteiger partial charge on any atom is -0.472 e. The lowest BCUT2D eigenvalue weighted by Gasteiger charge is -2.46. The largest absolute Gasteiger partial charge is 0.472 e. The standard InChI is InChI=1S/2C22H30FN3O5.C21H29FN4O5.3CH4.ClHN4/c2*1-22(7-8-22)31-21(27)26-9-14-11-28-12-15(10-26)18(14)30-20-17(23)19(24-13-25-20)29-16-5-3-2-4-6-16;1-21(4-5-21)31-20(27)26-8-13-10-28-11-14(9-26)17(13)30-19-16(22)18(24-12-25-19)29-15-2-6-23-7-3-15;;;;1-3-5-4-2/h2*13-16,18H,2-12H2,1H3;12-15,17,23H,2-11H2,1H3;3*1H4;2H. The molecule has 0 radical (unpaired) electrons. The number of hydrogen-bond acceptors (Lipinski definition) is 24. The Balaban J connectivity index is 0.000000168. The maximum atomic E-state index is 15.1. The second kappa shape index (κ2) is 35.4. The van der Waals surface area contributed by atoms with Gasteiger partial charge in [-0.1, -0.05) is 39.8 Å². The first-order chi connectivity index (χ1) is 47.4. The summed E-state index contributed by atoms with van der Waals surface area (Å²) < 4.78 is 117. The molecule has 6 bridgehead atoms. The molecule has 7 aliphatic heterocycles. The zero-order valence-electron chi connectivity index (χ0n) is 55.8. The number of nitrogens with one attached hydrogen (secondary N) is 2. The molecule has 3 aromatic rings. The Hall–Kier alpha value is -7.03. The highest BCUT2D eigenvalue weighted by atomic mass is 35.5. The van der Waals surface area contributed by atoms with Gasteiger partial charge in [0.15, 0.2) is 0 Å². The molecule has 5 saturated carbocycles. The van der Waals surface area contributed by atoms with Crippen LogP contribution in [0, 0.1) is 58.5 Å². The maximum absolute atomic E-state index is 15.1. The van der Waals surface area contributed by atoms with Gasteiger partial charge >= 0.3 is 18.3 Å². The van der Waals surface area contributed by atoms with Crippen LogP contribution in [0.2, 0.25) is 0 Å². The van der Waals surface area contributed by atoms with E-state index in [1.54, 1.807) is 14.7 Å². The Morgan fingerprint density at radius 1 is 0.455 bits per heavy atom. The summed E-state index contributed by atoms with van der Waals surface area (Å²) in [5, 5.41) is 8.34. The van der Waals surface area contributed by atoms with E-state index in [0.717, 1.165) is 116 Å². The molecule has 6 atom stereocenters. The minimum absolute atomic E-state index is 0. The van der Waals surface area contributed by atoms with Gasteiger partial charge in [-0.25, -0.2) is 14.4 Å². The highest BCUT2D eigenvalue weighted by Crippen LogP contribution is 2.44. The van der Waals surface area contributed by atoms with Crippen molar-refractivity contribution in [3.63, 3.8) is 0 Å². The second-order valence-electron chi connectivity index (χ2n) is 28.6. The topological polar surface area (TPSA) is 322 Å². The van der Waals surface area contributed by atoms with E-state index in [1.807, 2.05) is 20.8 Å². The van der Waals surface area contributed by atoms with Crippen molar-refractivity contribution >= 4 is 30.1 Å². The normalized spacial score (nSPS) is 28.0. The van der Waals surface area contributed by atoms with E-state index in [-0.39, 0.29) is 165 Å². The van der Waals surface area contributed by atoms with E-state index < -0.39 is 17.5 Å². The Kier molecular flexibility index (Phi) is 27.4. The summed E-state index contributed by atoms with van der Waals surface area (Å²) in [4.78, 5) is 66.9. The van der Waals surface area contributed by atoms with Crippen molar-refractivity contribution in [3.8, 4) is 35.3 Å². The van der Waals surface area contributed by atoms with Crippen LogP contribution >= 0.6 is 11.8 Å². The molecule has 33 heteroatoms. The van der Waals surface area contributed by atoms with Crippen LogP contribution < -0.4 is 33.7 Å². The van der Waals surface area contributed by atoms with Crippen molar-refractivity contribution in [2.24, 2.45) is 50.6 Å². The smallest absolute Gasteiger partial charge is 0.410 e. The van der Waals surface area contributed by atoms with Crippen LogP contribution in [-0.2, 0) is 28.4 Å². The van der Waals surface area contributed by atoms with E-state index >= 15 is 13.2 Å². The SMILES string of the molecule is C.C.C.CC1(OC(=O)N2CC3COCC(C2)C3Oc2ncnc(OC3CCCCC3)c2F)CC1.CC1(OC(=O)N2CC3COCC(C2)C3Oc2ncnc(OC3CCCCC3)c2F)CC1.CC1(OC(=O)N2CC3COCC(C2)C3Oc2ncnc(OC3CCNCC3)c2F)CC1.N=NN=NCl. The second-order valence-corrected chi connectivity index (χ2v) is 28.7. The number of amides is 3. The van der Waals surface area contributed by atoms with Gasteiger partial charge in [0.05, 0.1) is 51.4 Å². The van der Waals surface area contributed by atoms with Gasteiger partial charge < -0.3 is 76.9 Å². The number of ether oxygens (including phenoxy) is 12. The maximum Gasteiger partial charge on any atom is 0.410 e. The van der Waals surface area contributed by atoms with Crippen molar-refractivity contribution in [2.45, 2.75) is 212 Å². The zero-order chi connectivity index (χ0) is 68.4. The fourth-order valence-corrected chi connectivity index (χ4v) is 14.1. The minimum atomic E-state index is -0.677. The quantitative estimate of drug-likeness (QED) is 0.0764. The summed E-state index contributed by atoms with van der Waals surface area (Å²) in [6, 6.07) is 0. The summed E-state index contributed by atoms with van der Waals surface area (Å²) >= 11 is 4.55. The lowest BCUT2D eigenvalue weighted by atomic mass is 9.84. The number of nitrogens with zero attached hydrogens (tertiary/aromatic N) is 12. The number of halogens is 4. The Morgan fingerprint density at radius 2 is 0.713 bits per heavy atom. The number of hydrogen-bond donors (Lipinski definition) is 2. The number of carbonyl (C=O) groups is 3. The molecule has 15 rings (SSSR count). The van der Waals surface area contributed by atoms with Crippen LogP contribution in [0.25, 0.3) is 0 Å². The van der Waals surface area contributed by atoms with Gasteiger partial charge in [0.1, 0.15) is 72.4 Å². The molecule has 10 heterocycles. The number of fused-ring (bicyclic) bond motifs is 6. The van der Waals surface area contributed by atoms with Crippen LogP contribution in [0.3, 0.4) is 0 Å². The number of rotatable bonds is 16. The van der Waals surface area contributed by atoms with Gasteiger partial charge in [-0.2, -0.15) is 48.6 Å². The van der Waals surface area contributed by atoms with E-state index in [2.05, 4.69) is 62.1 Å². The monoisotopic (exact) mass is 1450 g/mol. The summed E-state index contributed by atoms with van der Waals surface area (Å²) in [6.07, 6.45) is 19.4. The average Bonchev–Trinajstić information content (AvgIpc) is 1.71. The fraction of sp³-hybridized carbons (Fsp3) is 0.779. The van der Waals surface area contributed by atoms with Gasteiger partial charge in [-0.15, -0.1) is 0 Å². The van der Waals surface area contributed by atoms with E-state index in [1.165, 1.54) is 31.8 Å². The van der Waals surface area contributed by atoms with Crippen molar-refractivity contribution < 1.29 is 84.4 Å². The van der Waals surface area contributed by atoms with Gasteiger partial charge in [-0.05, 0) is 147 Å². The fourth-order valence-electron chi connectivity index (χ4n) is 14.0. The molecule has 101 heavy (non-hydrogen) atoms. The molecule has 29 nitrogen and oxygen atoms in total. The Labute approximate surface area is 594 Å². The van der Waals surface area contributed by atoms with Crippen molar-refractivity contribution in [3.05, 3.63) is 36.4 Å². The van der Waals surface area contributed by atoms with Crippen LogP contribution in [0.5, 0.6) is 35.3 Å². The summed E-state index contributed by atoms with van der Waals surface area (Å²) in [5.74, 6) is -2.94. The van der Waals surface area contributed by atoms with Crippen LogP contribution in [-0.4, -0.2) is 208 Å². The Bertz CT molecular complexity index is 2880. The molecule has 0 spiro atoms. The first-order valence-corrected chi connectivity index (χ1v) is 35.0. The molecule has 12 fully saturated rings. The molecule has 5 aliphatic carbocycles. The van der Waals surface area contributed by atoms with Crippen molar-refractivity contribution in [1.29, 1.82) is 5.53 Å². The number of aromatic nitrogens is 6. The van der Waals surface area contributed by atoms with E-state index in [9.17, 15) is 14.4 Å². The van der Waals surface area contributed by atoms with Gasteiger partial charge in [-0.3, -0.25) is 0 Å². The molecule has 562 valence electrons. The van der Waals surface area contributed by atoms with Gasteiger partial charge in [0, 0.05) is 74.8 Å². The van der Waals surface area contributed by atoms with E-state index in [4.69, 9.17) is 62.4 Å². The van der Waals surface area contributed by atoms with Gasteiger partial charge in [0.2, 0.25) is 17.5 Å². The molecule has 0 aromatic carbocycles. The molecular formula is C68H102ClF3N14O15. The first kappa shape index (κ1) is 78.1. The molecule has 6 unspecified atom stereocenters.